The number of halogens is 2. The fourth-order valence-electron chi connectivity index (χ4n) is 1.14. The second-order valence-electron chi connectivity index (χ2n) is 2.97. The molecule has 72 valence electrons. The number of unbranched alkanes of at least 4 members (excludes halogenated alkanes) is 1. The van der Waals surface area contributed by atoms with Gasteiger partial charge in [0.1, 0.15) is 0 Å². The lowest BCUT2D eigenvalue weighted by Crippen LogP contribution is -1.86. The van der Waals surface area contributed by atoms with E-state index >= 15 is 0 Å². The minimum Gasteiger partial charge on any atom is -0.505 e. The van der Waals surface area contributed by atoms with Crippen LogP contribution in [0.3, 0.4) is 0 Å². The van der Waals surface area contributed by atoms with E-state index in [0.29, 0.717) is 10.0 Å². The van der Waals surface area contributed by atoms with Crippen LogP contribution in [0.2, 0.25) is 10.0 Å². The lowest BCUT2D eigenvalue weighted by Gasteiger charge is -2.06. The third kappa shape index (κ3) is 2.52. The van der Waals surface area contributed by atoms with Gasteiger partial charge in [0.25, 0.3) is 0 Å². The molecule has 3 heteroatoms. The molecule has 0 aliphatic carbocycles. The van der Waals surface area contributed by atoms with Gasteiger partial charge in [-0.1, -0.05) is 42.6 Å². The molecule has 0 bridgehead atoms. The second kappa shape index (κ2) is 4.73. The number of benzene rings is 1. The molecule has 0 heterocycles. The first kappa shape index (κ1) is 10.7. The minimum absolute atomic E-state index is 0.00284. The fraction of sp³-hybridized carbons (Fsp3) is 0.400. The van der Waals surface area contributed by atoms with E-state index in [1.165, 1.54) is 0 Å². The Kier molecular flexibility index (Phi) is 3.89. The highest BCUT2D eigenvalue weighted by atomic mass is 35.5. The van der Waals surface area contributed by atoms with E-state index in [9.17, 15) is 5.11 Å². The lowest BCUT2D eigenvalue weighted by molar-refractivity contribution is 0.475. The van der Waals surface area contributed by atoms with E-state index in [4.69, 9.17) is 23.2 Å². The van der Waals surface area contributed by atoms with Gasteiger partial charge in [-0.3, -0.25) is 0 Å². The monoisotopic (exact) mass is 218 g/mol. The van der Waals surface area contributed by atoms with Gasteiger partial charge in [-0.15, -0.1) is 0 Å². The number of phenols is 1. The number of aryl methyl sites for hydroxylation is 1. The normalized spacial score (nSPS) is 10.4. The maximum atomic E-state index is 9.42. The highest BCUT2D eigenvalue weighted by molar-refractivity contribution is 6.37. The first-order valence-corrected chi connectivity index (χ1v) is 5.08. The van der Waals surface area contributed by atoms with Gasteiger partial charge in [0.05, 0.1) is 10.0 Å². The van der Waals surface area contributed by atoms with E-state index in [0.717, 1.165) is 24.8 Å². The molecule has 0 radical (unpaired) electrons. The predicted octanol–water partition coefficient (Wildman–Crippen LogP) is 4.04. The van der Waals surface area contributed by atoms with Crippen molar-refractivity contribution in [3.63, 3.8) is 0 Å². The van der Waals surface area contributed by atoms with Crippen LogP contribution in [0, 0.1) is 0 Å². The molecule has 0 atom stereocenters. The molecule has 1 nitrogen and oxygen atoms in total. The van der Waals surface area contributed by atoms with Crippen molar-refractivity contribution in [1.29, 1.82) is 0 Å². The molecular weight excluding hydrogens is 207 g/mol. The molecule has 0 saturated heterocycles. The van der Waals surface area contributed by atoms with Gasteiger partial charge in [-0.25, -0.2) is 0 Å². The Hall–Kier alpha value is -0.400. The summed E-state index contributed by atoms with van der Waals surface area (Å²) in [4.78, 5) is 0. The second-order valence-corrected chi connectivity index (χ2v) is 3.76. The number of phenolic OH excluding ortho intramolecular Hbond substituents is 1. The van der Waals surface area contributed by atoms with Crippen LogP contribution in [0.4, 0.5) is 0 Å². The summed E-state index contributed by atoms with van der Waals surface area (Å²) >= 11 is 11.6. The van der Waals surface area contributed by atoms with Gasteiger partial charge >= 0.3 is 0 Å². The van der Waals surface area contributed by atoms with Crippen LogP contribution in [0.15, 0.2) is 12.1 Å². The van der Waals surface area contributed by atoms with E-state index in [-0.39, 0.29) is 5.75 Å². The van der Waals surface area contributed by atoms with Gasteiger partial charge in [0.15, 0.2) is 5.75 Å². The molecule has 0 aromatic heterocycles. The zero-order valence-electron chi connectivity index (χ0n) is 7.48. The summed E-state index contributed by atoms with van der Waals surface area (Å²) < 4.78 is 0. The molecule has 1 rings (SSSR count). The Morgan fingerprint density at radius 1 is 1.31 bits per heavy atom. The SMILES string of the molecule is CCCCc1ccc(Cl)c(O)c1Cl. The molecular formula is C10H12Cl2O. The number of hydrogen-bond acceptors (Lipinski definition) is 1. The summed E-state index contributed by atoms with van der Waals surface area (Å²) in [6.45, 7) is 2.11. The average Bonchev–Trinajstić information content (AvgIpc) is 2.13. The summed E-state index contributed by atoms with van der Waals surface area (Å²) in [5.41, 5.74) is 0.963. The summed E-state index contributed by atoms with van der Waals surface area (Å²) in [7, 11) is 0. The molecule has 1 aromatic carbocycles. The third-order valence-corrected chi connectivity index (χ3v) is 2.67. The molecule has 0 saturated carbocycles. The summed E-state index contributed by atoms with van der Waals surface area (Å²) in [5.74, 6) is -0.00284. The van der Waals surface area contributed by atoms with E-state index in [1.54, 1.807) is 6.07 Å². The van der Waals surface area contributed by atoms with Crippen LogP contribution >= 0.6 is 23.2 Å². The number of aromatic hydroxyl groups is 1. The van der Waals surface area contributed by atoms with E-state index < -0.39 is 0 Å². The van der Waals surface area contributed by atoms with Crippen LogP contribution in [0.25, 0.3) is 0 Å². The Labute approximate surface area is 88.3 Å². The Bertz CT molecular complexity index is 297. The van der Waals surface area contributed by atoms with Crippen molar-refractivity contribution in [3.8, 4) is 5.75 Å². The van der Waals surface area contributed by atoms with Crippen molar-refractivity contribution in [1.82, 2.24) is 0 Å². The molecule has 0 amide bonds. The zero-order chi connectivity index (χ0) is 9.84. The van der Waals surface area contributed by atoms with Gasteiger partial charge in [-0.05, 0) is 24.5 Å². The highest BCUT2D eigenvalue weighted by Crippen LogP contribution is 2.34. The number of hydrogen-bond donors (Lipinski definition) is 1. The quantitative estimate of drug-likeness (QED) is 0.813. The van der Waals surface area contributed by atoms with Gasteiger partial charge in [-0.2, -0.15) is 0 Å². The summed E-state index contributed by atoms with van der Waals surface area (Å²) in [6, 6.07) is 3.54. The van der Waals surface area contributed by atoms with Gasteiger partial charge < -0.3 is 5.11 Å². The first-order chi connectivity index (χ1) is 6.16. The molecule has 13 heavy (non-hydrogen) atoms. The van der Waals surface area contributed by atoms with Crippen molar-refractivity contribution in [2.45, 2.75) is 26.2 Å². The van der Waals surface area contributed by atoms with Crippen molar-refractivity contribution in [2.75, 3.05) is 0 Å². The Morgan fingerprint density at radius 3 is 2.62 bits per heavy atom. The Morgan fingerprint density at radius 2 is 2.00 bits per heavy atom. The topological polar surface area (TPSA) is 20.2 Å². The van der Waals surface area contributed by atoms with Crippen molar-refractivity contribution in [2.24, 2.45) is 0 Å². The van der Waals surface area contributed by atoms with Gasteiger partial charge in [0, 0.05) is 0 Å². The third-order valence-electron chi connectivity index (χ3n) is 1.95. The molecule has 0 fully saturated rings. The maximum Gasteiger partial charge on any atom is 0.153 e. The first-order valence-electron chi connectivity index (χ1n) is 4.32. The maximum absolute atomic E-state index is 9.42. The average molecular weight is 219 g/mol. The zero-order valence-corrected chi connectivity index (χ0v) is 8.99. The molecule has 1 aromatic rings. The Balaban J connectivity index is 2.90. The van der Waals surface area contributed by atoms with E-state index in [2.05, 4.69) is 6.92 Å². The highest BCUT2D eigenvalue weighted by Gasteiger charge is 2.08. The summed E-state index contributed by atoms with van der Waals surface area (Å²) in [6.07, 6.45) is 3.07. The molecule has 1 N–H and O–H groups in total. The van der Waals surface area contributed by atoms with Crippen LogP contribution in [0.5, 0.6) is 5.75 Å². The largest absolute Gasteiger partial charge is 0.505 e. The minimum atomic E-state index is -0.00284. The van der Waals surface area contributed by atoms with Crippen LogP contribution < -0.4 is 0 Å². The van der Waals surface area contributed by atoms with E-state index in [1.807, 2.05) is 6.07 Å². The van der Waals surface area contributed by atoms with Crippen LogP contribution in [-0.2, 0) is 6.42 Å². The molecule has 0 unspecified atom stereocenters. The fourth-order valence-corrected chi connectivity index (χ4v) is 1.61. The standard InChI is InChI=1S/C10H12Cl2O/c1-2-3-4-7-5-6-8(11)10(13)9(7)12/h5-6,13H,2-4H2,1H3. The van der Waals surface area contributed by atoms with Crippen molar-refractivity contribution < 1.29 is 5.11 Å². The molecule has 0 aliphatic rings. The lowest BCUT2D eigenvalue weighted by atomic mass is 10.1. The van der Waals surface area contributed by atoms with Gasteiger partial charge in [0.2, 0.25) is 0 Å². The molecule has 0 aliphatic heterocycles. The van der Waals surface area contributed by atoms with Crippen molar-refractivity contribution >= 4 is 23.2 Å². The number of rotatable bonds is 3. The smallest absolute Gasteiger partial charge is 0.153 e. The van der Waals surface area contributed by atoms with Crippen LogP contribution in [0.1, 0.15) is 25.3 Å². The van der Waals surface area contributed by atoms with Crippen LogP contribution in [-0.4, -0.2) is 5.11 Å². The van der Waals surface area contributed by atoms with Crippen molar-refractivity contribution in [3.05, 3.63) is 27.7 Å². The molecule has 0 spiro atoms. The predicted molar refractivity (Wildman–Crippen MR) is 56.7 cm³/mol. The summed E-state index contributed by atoms with van der Waals surface area (Å²) in [5, 5.41) is 10.1.